The number of imide groups is 1. The Kier molecular flexibility index (Phi) is 16.4. The van der Waals surface area contributed by atoms with Crippen LogP contribution in [-0.4, -0.2) is 108 Å². The van der Waals surface area contributed by atoms with Gasteiger partial charge in [0.25, 0.3) is 11.8 Å². The molecule has 0 radical (unpaired) electrons. The molecule has 15 nitrogen and oxygen atoms in total. The second kappa shape index (κ2) is 20.6. The van der Waals surface area contributed by atoms with E-state index in [-0.39, 0.29) is 19.1 Å². The number of amides is 7. The van der Waals surface area contributed by atoms with Crippen molar-refractivity contribution < 1.29 is 38.3 Å². The fourth-order valence-corrected chi connectivity index (χ4v) is 6.02. The molecule has 3 unspecified atom stereocenters. The summed E-state index contributed by atoms with van der Waals surface area (Å²) in [6, 6.07) is 13.5. The molecule has 1 aliphatic heterocycles. The molecule has 0 spiro atoms. The third-order valence-electron chi connectivity index (χ3n) is 8.94. The van der Waals surface area contributed by atoms with Crippen LogP contribution >= 0.6 is 0 Å². The Labute approximate surface area is 316 Å². The SMILES string of the molecule is CC(C)C(NC(=O)C(CN(C)CCCCc1ccccc1)N1C(=O)C=CC1=O)C(=O)NCC(=O)Nc1ccc(COC(=O)N(C)C(C(N)=O)C(C)C)cc1. The van der Waals surface area contributed by atoms with Gasteiger partial charge in [-0.2, -0.15) is 0 Å². The first-order valence-corrected chi connectivity index (χ1v) is 18.0. The van der Waals surface area contributed by atoms with Crippen molar-refractivity contribution in [3.63, 3.8) is 0 Å². The Bertz CT molecular complexity index is 1640. The molecular weight excluding hydrogens is 694 g/mol. The summed E-state index contributed by atoms with van der Waals surface area (Å²) < 4.78 is 5.31. The van der Waals surface area contributed by atoms with Crippen LogP contribution in [0.2, 0.25) is 0 Å². The second-order valence-corrected chi connectivity index (χ2v) is 14.1. The summed E-state index contributed by atoms with van der Waals surface area (Å²) in [4.78, 5) is 93.1. The van der Waals surface area contributed by atoms with E-state index in [0.29, 0.717) is 17.8 Å². The number of hydrogen-bond donors (Lipinski definition) is 4. The number of carbonyl (C=O) groups is 7. The lowest BCUT2D eigenvalue weighted by atomic mass is 10.0. The lowest BCUT2D eigenvalue weighted by Gasteiger charge is -2.31. The molecule has 0 saturated carbocycles. The highest BCUT2D eigenvalue weighted by molar-refractivity contribution is 6.15. The van der Waals surface area contributed by atoms with Crippen molar-refractivity contribution in [2.45, 2.75) is 71.7 Å². The van der Waals surface area contributed by atoms with Crippen LogP contribution in [0.25, 0.3) is 0 Å². The number of anilines is 1. The number of likely N-dealkylation sites (N-methyl/N-ethyl adjacent to an activating group) is 2. The fourth-order valence-electron chi connectivity index (χ4n) is 6.02. The number of benzene rings is 2. The number of aryl methyl sites for hydroxylation is 1. The first kappa shape index (κ1) is 42.8. The number of primary amides is 1. The molecule has 2 aromatic carbocycles. The van der Waals surface area contributed by atoms with E-state index in [4.69, 9.17) is 10.5 Å². The average Bonchev–Trinajstić information content (AvgIpc) is 3.46. The van der Waals surface area contributed by atoms with E-state index >= 15 is 0 Å². The summed E-state index contributed by atoms with van der Waals surface area (Å²) in [5.41, 5.74) is 7.69. The highest BCUT2D eigenvalue weighted by atomic mass is 16.6. The van der Waals surface area contributed by atoms with Crippen molar-refractivity contribution in [3.05, 3.63) is 77.9 Å². The first-order valence-electron chi connectivity index (χ1n) is 18.0. The minimum Gasteiger partial charge on any atom is -0.445 e. The molecule has 54 heavy (non-hydrogen) atoms. The number of nitrogens with zero attached hydrogens (tertiary/aromatic N) is 3. The van der Waals surface area contributed by atoms with Crippen LogP contribution in [-0.2, 0) is 46.5 Å². The average molecular weight is 748 g/mol. The summed E-state index contributed by atoms with van der Waals surface area (Å²) >= 11 is 0. The predicted octanol–water partition coefficient (Wildman–Crippen LogP) is 2.21. The van der Waals surface area contributed by atoms with Gasteiger partial charge in [0.15, 0.2) is 0 Å². The number of unbranched alkanes of at least 4 members (excludes halogenated alkanes) is 1. The van der Waals surface area contributed by atoms with Gasteiger partial charge in [0, 0.05) is 31.4 Å². The monoisotopic (exact) mass is 747 g/mol. The van der Waals surface area contributed by atoms with E-state index in [1.54, 1.807) is 52.0 Å². The van der Waals surface area contributed by atoms with Crippen molar-refractivity contribution in [1.29, 1.82) is 0 Å². The van der Waals surface area contributed by atoms with Gasteiger partial charge >= 0.3 is 6.09 Å². The van der Waals surface area contributed by atoms with Gasteiger partial charge in [-0.3, -0.25) is 38.6 Å². The van der Waals surface area contributed by atoms with Crippen LogP contribution < -0.4 is 21.7 Å². The van der Waals surface area contributed by atoms with E-state index in [1.165, 1.54) is 12.6 Å². The zero-order chi connectivity index (χ0) is 39.9. The Morgan fingerprint density at radius 1 is 0.815 bits per heavy atom. The maximum atomic E-state index is 13.7. The van der Waals surface area contributed by atoms with E-state index < -0.39 is 72.1 Å². The minimum absolute atomic E-state index is 0.0668. The molecule has 0 fully saturated rings. The van der Waals surface area contributed by atoms with Crippen molar-refractivity contribution in [3.8, 4) is 0 Å². The number of hydrogen-bond acceptors (Lipinski definition) is 9. The molecule has 0 aromatic heterocycles. The minimum atomic E-state index is -1.18. The Morgan fingerprint density at radius 3 is 2.02 bits per heavy atom. The van der Waals surface area contributed by atoms with E-state index in [1.807, 2.05) is 30.1 Å². The topological polar surface area (TPSA) is 201 Å². The Morgan fingerprint density at radius 2 is 1.44 bits per heavy atom. The van der Waals surface area contributed by atoms with Gasteiger partial charge in [-0.1, -0.05) is 70.2 Å². The smallest absolute Gasteiger partial charge is 0.410 e. The van der Waals surface area contributed by atoms with Crippen LogP contribution in [0.4, 0.5) is 10.5 Å². The number of rotatable bonds is 20. The zero-order valence-corrected chi connectivity index (χ0v) is 31.9. The van der Waals surface area contributed by atoms with Crippen LogP contribution in [0.5, 0.6) is 0 Å². The standard InChI is InChI=1S/C39H53N7O8/c1-25(2)34(43-37(51)30(46-32(48)19-20-33(46)49)23-44(5)21-11-10-14-27-12-8-7-9-13-27)38(52)41-22-31(47)42-29-17-15-28(16-18-29)24-54-39(53)45(6)35(26(3)4)36(40)50/h7-9,12-13,15-20,25-26,30,34-35H,10-11,14,21-24H2,1-6H3,(H2,40,50)(H,41,52)(H,42,47)(H,43,51). The molecule has 5 N–H and O–H groups in total. The number of nitrogens with two attached hydrogens (primary N) is 1. The quantitative estimate of drug-likeness (QED) is 0.116. The molecule has 1 heterocycles. The van der Waals surface area contributed by atoms with Crippen LogP contribution in [0, 0.1) is 11.8 Å². The molecule has 0 aliphatic carbocycles. The van der Waals surface area contributed by atoms with Gasteiger partial charge in [0.05, 0.1) is 6.54 Å². The third-order valence-corrected chi connectivity index (χ3v) is 8.94. The maximum absolute atomic E-state index is 13.7. The highest BCUT2D eigenvalue weighted by Gasteiger charge is 2.38. The van der Waals surface area contributed by atoms with Crippen LogP contribution in [0.1, 0.15) is 51.7 Å². The molecular formula is C39H53N7O8. The Balaban J connectivity index is 1.53. The molecule has 292 valence electrons. The fraction of sp³-hybridized carbons (Fsp3) is 0.462. The van der Waals surface area contributed by atoms with Crippen molar-refractivity contribution in [2.75, 3.05) is 39.0 Å². The summed E-state index contributed by atoms with van der Waals surface area (Å²) in [5, 5.41) is 7.93. The number of ether oxygens (including phenoxy) is 1. The molecule has 0 bridgehead atoms. The molecule has 1 aliphatic rings. The Hall–Kier alpha value is -5.57. The number of nitrogens with one attached hydrogen (secondary N) is 3. The lowest BCUT2D eigenvalue weighted by molar-refractivity contribution is -0.146. The lowest BCUT2D eigenvalue weighted by Crippen LogP contribution is -2.59. The maximum Gasteiger partial charge on any atom is 0.410 e. The summed E-state index contributed by atoms with van der Waals surface area (Å²) in [7, 11) is 3.25. The van der Waals surface area contributed by atoms with Gasteiger partial charge in [-0.05, 0) is 68.0 Å². The molecule has 3 atom stereocenters. The third kappa shape index (κ3) is 12.8. The van der Waals surface area contributed by atoms with E-state index in [0.717, 1.165) is 41.2 Å². The van der Waals surface area contributed by atoms with Crippen LogP contribution in [0.3, 0.4) is 0 Å². The summed E-state index contributed by atoms with van der Waals surface area (Å²) in [6.07, 6.45) is 4.17. The second-order valence-electron chi connectivity index (χ2n) is 14.1. The number of carbonyl (C=O) groups excluding carboxylic acids is 7. The largest absolute Gasteiger partial charge is 0.445 e. The van der Waals surface area contributed by atoms with Crippen molar-refractivity contribution >= 4 is 47.2 Å². The molecule has 0 saturated heterocycles. The van der Waals surface area contributed by atoms with Gasteiger partial charge in [-0.15, -0.1) is 0 Å². The molecule has 7 amide bonds. The van der Waals surface area contributed by atoms with Gasteiger partial charge < -0.3 is 31.3 Å². The van der Waals surface area contributed by atoms with Crippen LogP contribution in [0.15, 0.2) is 66.7 Å². The zero-order valence-electron chi connectivity index (χ0n) is 31.9. The molecule has 2 aromatic rings. The van der Waals surface area contributed by atoms with Gasteiger partial charge in [0.2, 0.25) is 23.6 Å². The first-order chi connectivity index (χ1) is 25.6. The normalized spacial score (nSPS) is 14.2. The van der Waals surface area contributed by atoms with Gasteiger partial charge in [0.1, 0.15) is 24.7 Å². The molecule has 15 heteroatoms. The summed E-state index contributed by atoms with van der Waals surface area (Å²) in [5.74, 6) is -4.27. The van der Waals surface area contributed by atoms with Crippen molar-refractivity contribution in [1.82, 2.24) is 25.3 Å². The summed E-state index contributed by atoms with van der Waals surface area (Å²) in [6.45, 7) is 7.20. The van der Waals surface area contributed by atoms with E-state index in [9.17, 15) is 33.6 Å². The van der Waals surface area contributed by atoms with Crippen molar-refractivity contribution in [2.24, 2.45) is 17.6 Å². The van der Waals surface area contributed by atoms with E-state index in [2.05, 4.69) is 28.1 Å². The predicted molar refractivity (Wildman–Crippen MR) is 202 cm³/mol. The highest BCUT2D eigenvalue weighted by Crippen LogP contribution is 2.15. The molecule has 3 rings (SSSR count). The van der Waals surface area contributed by atoms with Gasteiger partial charge in [-0.25, -0.2) is 4.79 Å².